The Balaban J connectivity index is 1.64. The van der Waals surface area contributed by atoms with Gasteiger partial charge in [-0.15, -0.1) is 0 Å². The zero-order valence-corrected chi connectivity index (χ0v) is 24.6. The van der Waals surface area contributed by atoms with Gasteiger partial charge >= 0.3 is 0 Å². The summed E-state index contributed by atoms with van der Waals surface area (Å²) >= 11 is 0. The fraction of sp³-hybridized carbons (Fsp3) is 0.417. The van der Waals surface area contributed by atoms with Crippen LogP contribution in [0.3, 0.4) is 0 Å². The molecule has 0 saturated heterocycles. The molecule has 0 spiro atoms. The monoisotopic (exact) mass is 519 g/mol. The summed E-state index contributed by atoms with van der Waals surface area (Å²) in [6.07, 6.45) is 7.87. The normalized spacial score (nSPS) is 17.7. The summed E-state index contributed by atoms with van der Waals surface area (Å²) in [4.78, 5) is 5.51. The van der Waals surface area contributed by atoms with E-state index in [2.05, 4.69) is 125 Å². The molecule has 0 unspecified atom stereocenters. The minimum Gasteiger partial charge on any atom is -0.385 e. The zero-order valence-electron chi connectivity index (χ0n) is 24.6. The first-order chi connectivity index (χ1) is 18.8. The molecule has 3 aromatic rings. The first-order valence-electron chi connectivity index (χ1n) is 14.9. The highest BCUT2D eigenvalue weighted by molar-refractivity contribution is 6.02. The van der Waals surface area contributed by atoms with Crippen LogP contribution in [0, 0.1) is 0 Å². The highest BCUT2D eigenvalue weighted by Gasteiger charge is 2.28. The molecule has 0 aliphatic carbocycles. The fourth-order valence-corrected chi connectivity index (χ4v) is 6.25. The Bertz CT molecular complexity index is 1340. The van der Waals surface area contributed by atoms with Crippen molar-refractivity contribution in [2.24, 2.45) is 4.99 Å². The smallest absolute Gasteiger partial charge is 0.0938 e. The van der Waals surface area contributed by atoms with Crippen molar-refractivity contribution < 1.29 is 0 Å². The van der Waals surface area contributed by atoms with Crippen molar-refractivity contribution in [3.05, 3.63) is 106 Å². The lowest BCUT2D eigenvalue weighted by atomic mass is 9.87. The van der Waals surface area contributed by atoms with E-state index in [1.165, 1.54) is 51.2 Å². The van der Waals surface area contributed by atoms with Crippen molar-refractivity contribution in [2.75, 3.05) is 17.2 Å². The van der Waals surface area contributed by atoms with Gasteiger partial charge in [0, 0.05) is 23.5 Å². The zero-order chi connectivity index (χ0) is 27.5. The Morgan fingerprint density at radius 2 is 1.41 bits per heavy atom. The van der Waals surface area contributed by atoms with Gasteiger partial charge in [-0.2, -0.15) is 0 Å². The van der Waals surface area contributed by atoms with Crippen LogP contribution in [0.1, 0.15) is 118 Å². The van der Waals surface area contributed by atoms with Crippen LogP contribution in [0.25, 0.3) is 0 Å². The van der Waals surface area contributed by atoms with E-state index in [1.54, 1.807) is 0 Å². The molecule has 2 atom stereocenters. The molecule has 0 aromatic heterocycles. The molecule has 2 N–H and O–H groups in total. The Kier molecular flexibility index (Phi) is 8.26. The van der Waals surface area contributed by atoms with Gasteiger partial charge in [0.05, 0.1) is 17.8 Å². The Morgan fingerprint density at radius 3 is 2.10 bits per heavy atom. The molecule has 2 aliphatic rings. The summed E-state index contributed by atoms with van der Waals surface area (Å²) in [6.45, 7) is 14.8. The SMILES string of the molecule is CC(C)c1ccccc1[C@H](Nc1c(C(C)C)cccc1C(C)C)C1=N[C@H](c2cccc3c2NCCC3)CC=C1. The molecule has 5 rings (SSSR count). The van der Waals surface area contributed by atoms with Crippen LogP contribution in [0.4, 0.5) is 11.4 Å². The minimum absolute atomic E-state index is 0.0347. The van der Waals surface area contributed by atoms with Crippen LogP contribution < -0.4 is 10.6 Å². The molecule has 0 amide bonds. The second kappa shape index (κ2) is 11.8. The molecule has 0 bridgehead atoms. The minimum atomic E-state index is -0.0347. The summed E-state index contributed by atoms with van der Waals surface area (Å²) in [7, 11) is 0. The summed E-state index contributed by atoms with van der Waals surface area (Å²) < 4.78 is 0. The van der Waals surface area contributed by atoms with E-state index < -0.39 is 0 Å². The van der Waals surface area contributed by atoms with Crippen molar-refractivity contribution in [2.45, 2.75) is 90.6 Å². The molecule has 0 fully saturated rings. The molecule has 3 aromatic carbocycles. The van der Waals surface area contributed by atoms with Crippen LogP contribution in [0.15, 0.2) is 77.8 Å². The van der Waals surface area contributed by atoms with Gasteiger partial charge in [-0.05, 0) is 70.9 Å². The topological polar surface area (TPSA) is 36.4 Å². The van der Waals surface area contributed by atoms with Gasteiger partial charge in [0.1, 0.15) is 0 Å². The van der Waals surface area contributed by atoms with Crippen molar-refractivity contribution in [3.8, 4) is 0 Å². The lowest BCUT2D eigenvalue weighted by Gasteiger charge is -2.31. The van der Waals surface area contributed by atoms with Crippen molar-refractivity contribution in [1.82, 2.24) is 0 Å². The number of nitrogens with one attached hydrogen (secondary N) is 2. The van der Waals surface area contributed by atoms with Gasteiger partial charge in [0.2, 0.25) is 0 Å². The summed E-state index contributed by atoms with van der Waals surface area (Å²) in [5.74, 6) is 1.26. The average Bonchev–Trinajstić information content (AvgIpc) is 2.95. The molecule has 0 radical (unpaired) electrons. The van der Waals surface area contributed by atoms with E-state index in [0.717, 1.165) is 25.1 Å². The maximum Gasteiger partial charge on any atom is 0.0938 e. The van der Waals surface area contributed by atoms with Crippen molar-refractivity contribution >= 4 is 17.1 Å². The van der Waals surface area contributed by atoms with E-state index in [1.807, 2.05) is 0 Å². The lowest BCUT2D eigenvalue weighted by molar-refractivity contribution is 0.718. The van der Waals surface area contributed by atoms with Gasteiger partial charge in [-0.3, -0.25) is 4.99 Å². The highest BCUT2D eigenvalue weighted by Crippen LogP contribution is 2.40. The van der Waals surface area contributed by atoms with Gasteiger partial charge in [-0.1, -0.05) is 108 Å². The van der Waals surface area contributed by atoms with Gasteiger partial charge in [-0.25, -0.2) is 0 Å². The number of benzene rings is 3. The molecule has 3 nitrogen and oxygen atoms in total. The van der Waals surface area contributed by atoms with Crippen LogP contribution in [0.5, 0.6) is 0 Å². The van der Waals surface area contributed by atoms with E-state index in [0.29, 0.717) is 17.8 Å². The van der Waals surface area contributed by atoms with Crippen LogP contribution in [-0.4, -0.2) is 12.3 Å². The third kappa shape index (κ3) is 5.69. The number of para-hydroxylation sites is 2. The van der Waals surface area contributed by atoms with E-state index in [9.17, 15) is 0 Å². The molecule has 3 heteroatoms. The third-order valence-electron chi connectivity index (χ3n) is 8.31. The maximum absolute atomic E-state index is 5.51. The molecule has 0 saturated carbocycles. The standard InChI is InChI=1S/C36H45N3/c1-23(2)27-15-7-8-16-30(27)36(39-35-28(24(3)4)17-10-18-29(35)25(5)6)33-21-11-20-32(38-33)31-19-9-13-26-14-12-22-37-34(26)31/h7-11,13,15-19,21,23-25,32,36-37,39H,12,14,20,22H2,1-6H3/t32-,36-/m0/s1. The predicted molar refractivity (Wildman–Crippen MR) is 169 cm³/mol. The first-order valence-corrected chi connectivity index (χ1v) is 14.9. The molecule has 204 valence electrons. The number of fused-ring (bicyclic) bond motifs is 1. The van der Waals surface area contributed by atoms with Gasteiger partial charge in [0.25, 0.3) is 0 Å². The van der Waals surface area contributed by atoms with E-state index in [-0.39, 0.29) is 12.1 Å². The largest absolute Gasteiger partial charge is 0.385 e. The lowest BCUT2D eigenvalue weighted by Crippen LogP contribution is -2.25. The Hall–Kier alpha value is -3.33. The number of hydrogen-bond donors (Lipinski definition) is 2. The second-order valence-electron chi connectivity index (χ2n) is 12.1. The average molecular weight is 520 g/mol. The van der Waals surface area contributed by atoms with Gasteiger partial charge in [0.15, 0.2) is 0 Å². The number of anilines is 2. The van der Waals surface area contributed by atoms with Crippen molar-refractivity contribution in [3.63, 3.8) is 0 Å². The molecule has 2 heterocycles. The number of aryl methyl sites for hydroxylation is 1. The fourth-order valence-electron chi connectivity index (χ4n) is 6.25. The Morgan fingerprint density at radius 1 is 0.769 bits per heavy atom. The number of dihydropyridines is 1. The molecule has 39 heavy (non-hydrogen) atoms. The Labute approximate surface area is 235 Å². The van der Waals surface area contributed by atoms with Crippen LogP contribution >= 0.6 is 0 Å². The molecule has 2 aliphatic heterocycles. The maximum atomic E-state index is 5.51. The predicted octanol–water partition coefficient (Wildman–Crippen LogP) is 9.71. The first kappa shape index (κ1) is 27.2. The highest BCUT2D eigenvalue weighted by atomic mass is 15.0. The number of aliphatic imine (C=N–C) groups is 1. The van der Waals surface area contributed by atoms with E-state index in [4.69, 9.17) is 4.99 Å². The van der Waals surface area contributed by atoms with Crippen LogP contribution in [-0.2, 0) is 6.42 Å². The van der Waals surface area contributed by atoms with Crippen molar-refractivity contribution in [1.29, 1.82) is 0 Å². The number of hydrogen-bond acceptors (Lipinski definition) is 3. The molecular formula is C36H45N3. The van der Waals surface area contributed by atoms with Crippen LogP contribution in [0.2, 0.25) is 0 Å². The second-order valence-corrected chi connectivity index (χ2v) is 12.1. The number of rotatable bonds is 8. The number of nitrogens with zero attached hydrogens (tertiary/aromatic N) is 1. The summed E-state index contributed by atoms with van der Waals surface area (Å²) in [5, 5.41) is 7.80. The summed E-state index contributed by atoms with van der Waals surface area (Å²) in [5.41, 5.74) is 11.9. The van der Waals surface area contributed by atoms with E-state index >= 15 is 0 Å². The quantitative estimate of drug-likeness (QED) is 0.311. The summed E-state index contributed by atoms with van der Waals surface area (Å²) in [6, 6.07) is 22.6. The molecular weight excluding hydrogens is 474 g/mol. The third-order valence-corrected chi connectivity index (χ3v) is 8.31. The van der Waals surface area contributed by atoms with Gasteiger partial charge < -0.3 is 10.6 Å².